The highest BCUT2D eigenvalue weighted by atomic mass is 16.6. The van der Waals surface area contributed by atoms with E-state index in [-0.39, 0.29) is 6.61 Å². The fraction of sp³-hybridized carbons (Fsp3) is 0.500. The maximum atomic E-state index is 12.5. The molecule has 0 radical (unpaired) electrons. The van der Waals surface area contributed by atoms with Crippen LogP contribution in [0.4, 0.5) is 0 Å². The van der Waals surface area contributed by atoms with E-state index in [2.05, 4.69) is 11.0 Å². The molecule has 2 heterocycles. The number of nitriles is 1. The minimum atomic E-state index is -1.35. The van der Waals surface area contributed by atoms with E-state index < -0.39 is 17.1 Å². The standard InChI is InChI=1S/C16H18N2O3/c1-20-14(19)16(13-7-3-2-4-8-13)15(11-17,12-21-16)18-9-5-6-10-18/h2-4,7-8H,5-6,9-10,12H2,1H3/t15-,16+/m0/s1. The first-order valence-corrected chi connectivity index (χ1v) is 7.15. The van der Waals surface area contributed by atoms with Gasteiger partial charge in [-0.3, -0.25) is 4.90 Å². The van der Waals surface area contributed by atoms with Crippen LogP contribution in [0.1, 0.15) is 18.4 Å². The lowest BCUT2D eigenvalue weighted by Gasteiger charge is -2.56. The molecule has 3 rings (SSSR count). The lowest BCUT2D eigenvalue weighted by Crippen LogP contribution is -2.76. The van der Waals surface area contributed by atoms with Gasteiger partial charge < -0.3 is 9.47 Å². The molecule has 0 bridgehead atoms. The van der Waals surface area contributed by atoms with Gasteiger partial charge in [-0.1, -0.05) is 30.3 Å². The van der Waals surface area contributed by atoms with Gasteiger partial charge in [0.15, 0.2) is 5.54 Å². The number of likely N-dealkylation sites (tertiary alicyclic amines) is 1. The summed E-state index contributed by atoms with van der Waals surface area (Å²) >= 11 is 0. The Kier molecular flexibility index (Phi) is 3.44. The van der Waals surface area contributed by atoms with Gasteiger partial charge in [0.25, 0.3) is 0 Å². The first-order chi connectivity index (χ1) is 10.2. The van der Waals surface area contributed by atoms with Gasteiger partial charge in [0, 0.05) is 0 Å². The average Bonchev–Trinajstić information content (AvgIpc) is 3.03. The Morgan fingerprint density at radius 3 is 2.48 bits per heavy atom. The SMILES string of the molecule is COC(=O)[C@@]1(c2ccccc2)OC[C@]1(C#N)N1CCCC1. The number of esters is 1. The third kappa shape index (κ3) is 1.73. The van der Waals surface area contributed by atoms with Crippen LogP contribution in [-0.2, 0) is 19.9 Å². The maximum Gasteiger partial charge on any atom is 0.346 e. The van der Waals surface area contributed by atoms with Crippen molar-refractivity contribution in [1.82, 2.24) is 4.90 Å². The number of carbonyl (C=O) groups excluding carboxylic acids is 1. The largest absolute Gasteiger partial charge is 0.467 e. The van der Waals surface area contributed by atoms with Crippen LogP contribution < -0.4 is 0 Å². The zero-order valence-corrected chi connectivity index (χ0v) is 12.0. The summed E-state index contributed by atoms with van der Waals surface area (Å²) in [6, 6.07) is 11.6. The van der Waals surface area contributed by atoms with Crippen LogP contribution in [0.2, 0.25) is 0 Å². The molecule has 21 heavy (non-hydrogen) atoms. The molecule has 5 nitrogen and oxygen atoms in total. The fourth-order valence-corrected chi connectivity index (χ4v) is 3.43. The smallest absolute Gasteiger partial charge is 0.346 e. The summed E-state index contributed by atoms with van der Waals surface area (Å²) < 4.78 is 10.7. The molecule has 0 amide bonds. The summed E-state index contributed by atoms with van der Waals surface area (Å²) in [6.45, 7) is 1.85. The average molecular weight is 286 g/mol. The molecule has 110 valence electrons. The summed E-state index contributed by atoms with van der Waals surface area (Å²) in [5, 5.41) is 9.86. The van der Waals surface area contributed by atoms with Gasteiger partial charge in [-0.2, -0.15) is 5.26 Å². The van der Waals surface area contributed by atoms with Crippen molar-refractivity contribution in [1.29, 1.82) is 5.26 Å². The van der Waals surface area contributed by atoms with E-state index in [4.69, 9.17) is 9.47 Å². The molecule has 2 fully saturated rings. The number of carbonyl (C=O) groups is 1. The molecule has 2 aliphatic rings. The highest BCUT2D eigenvalue weighted by Gasteiger charge is 2.71. The van der Waals surface area contributed by atoms with Gasteiger partial charge in [0.1, 0.15) is 0 Å². The van der Waals surface area contributed by atoms with Crippen molar-refractivity contribution in [2.75, 3.05) is 26.8 Å². The fourth-order valence-electron chi connectivity index (χ4n) is 3.43. The third-order valence-electron chi connectivity index (χ3n) is 4.56. The summed E-state index contributed by atoms with van der Waals surface area (Å²) in [7, 11) is 1.33. The van der Waals surface area contributed by atoms with Crippen LogP contribution in [0.3, 0.4) is 0 Å². The molecule has 1 aromatic rings. The molecule has 0 aliphatic carbocycles. The molecule has 0 unspecified atom stereocenters. The Bertz CT molecular complexity index is 577. The summed E-state index contributed by atoms with van der Waals surface area (Å²) in [5.74, 6) is -0.506. The molecule has 0 saturated carbocycles. The Morgan fingerprint density at radius 1 is 1.33 bits per heavy atom. The lowest BCUT2D eigenvalue weighted by atomic mass is 9.70. The Morgan fingerprint density at radius 2 is 2.00 bits per heavy atom. The van der Waals surface area contributed by atoms with Crippen molar-refractivity contribution in [2.45, 2.75) is 24.0 Å². The maximum absolute atomic E-state index is 12.5. The summed E-state index contributed by atoms with van der Waals surface area (Å²) in [4.78, 5) is 14.6. The quantitative estimate of drug-likeness (QED) is 0.787. The predicted molar refractivity (Wildman–Crippen MR) is 75.2 cm³/mol. The van der Waals surface area contributed by atoms with Crippen LogP contribution in [0.5, 0.6) is 0 Å². The number of benzene rings is 1. The molecule has 2 atom stereocenters. The first kappa shape index (κ1) is 14.1. The van der Waals surface area contributed by atoms with Crippen molar-refractivity contribution in [3.8, 4) is 6.07 Å². The second kappa shape index (κ2) is 5.14. The zero-order chi connectivity index (χ0) is 14.9. The molecule has 2 aliphatic heterocycles. The Labute approximate surface area is 124 Å². The molecular formula is C16H18N2O3. The minimum absolute atomic E-state index is 0.230. The zero-order valence-electron chi connectivity index (χ0n) is 12.0. The van der Waals surface area contributed by atoms with Gasteiger partial charge in [-0.05, 0) is 31.5 Å². The van der Waals surface area contributed by atoms with E-state index in [9.17, 15) is 10.1 Å². The predicted octanol–water partition coefficient (Wildman–Crippen LogP) is 1.44. The van der Waals surface area contributed by atoms with Gasteiger partial charge >= 0.3 is 5.97 Å². The second-order valence-corrected chi connectivity index (χ2v) is 5.49. The Hall–Kier alpha value is -1.90. The number of methoxy groups -OCH3 is 1. The highest BCUT2D eigenvalue weighted by molar-refractivity contribution is 5.86. The van der Waals surface area contributed by atoms with Crippen molar-refractivity contribution < 1.29 is 14.3 Å². The molecule has 5 heteroatoms. The van der Waals surface area contributed by atoms with Gasteiger partial charge in [-0.15, -0.1) is 0 Å². The topological polar surface area (TPSA) is 62.6 Å². The first-order valence-electron chi connectivity index (χ1n) is 7.15. The van der Waals surface area contributed by atoms with Crippen LogP contribution in [0.15, 0.2) is 30.3 Å². The van der Waals surface area contributed by atoms with Crippen molar-refractivity contribution in [3.63, 3.8) is 0 Å². The van der Waals surface area contributed by atoms with E-state index in [0.29, 0.717) is 5.56 Å². The number of ether oxygens (including phenoxy) is 2. The van der Waals surface area contributed by atoms with Crippen LogP contribution >= 0.6 is 0 Å². The normalized spacial score (nSPS) is 32.2. The van der Waals surface area contributed by atoms with Crippen LogP contribution in [-0.4, -0.2) is 43.2 Å². The number of rotatable bonds is 3. The molecule has 0 spiro atoms. The van der Waals surface area contributed by atoms with E-state index in [0.717, 1.165) is 25.9 Å². The molecule has 0 N–H and O–H groups in total. The van der Waals surface area contributed by atoms with Crippen molar-refractivity contribution >= 4 is 5.97 Å². The highest BCUT2D eigenvalue weighted by Crippen LogP contribution is 2.50. The monoisotopic (exact) mass is 286 g/mol. The number of hydrogen-bond donors (Lipinski definition) is 0. The van der Waals surface area contributed by atoms with Gasteiger partial charge in [0.2, 0.25) is 5.60 Å². The number of nitrogens with zero attached hydrogens (tertiary/aromatic N) is 2. The lowest BCUT2D eigenvalue weighted by molar-refractivity contribution is -0.258. The third-order valence-corrected chi connectivity index (χ3v) is 4.56. The second-order valence-electron chi connectivity index (χ2n) is 5.49. The summed E-state index contributed by atoms with van der Waals surface area (Å²) in [5.41, 5.74) is -1.64. The summed E-state index contributed by atoms with van der Waals surface area (Å²) in [6.07, 6.45) is 2.07. The number of hydrogen-bond acceptors (Lipinski definition) is 5. The minimum Gasteiger partial charge on any atom is -0.467 e. The van der Waals surface area contributed by atoms with E-state index in [1.807, 2.05) is 30.3 Å². The molecule has 2 saturated heterocycles. The van der Waals surface area contributed by atoms with E-state index in [1.165, 1.54) is 7.11 Å². The van der Waals surface area contributed by atoms with Crippen molar-refractivity contribution in [3.05, 3.63) is 35.9 Å². The molecule has 0 aromatic heterocycles. The van der Waals surface area contributed by atoms with Crippen LogP contribution in [0, 0.1) is 11.3 Å². The molecular weight excluding hydrogens is 268 g/mol. The van der Waals surface area contributed by atoms with E-state index >= 15 is 0 Å². The van der Waals surface area contributed by atoms with E-state index in [1.54, 1.807) is 0 Å². The van der Waals surface area contributed by atoms with Crippen LogP contribution in [0.25, 0.3) is 0 Å². The molecule has 1 aromatic carbocycles. The van der Waals surface area contributed by atoms with Crippen molar-refractivity contribution in [2.24, 2.45) is 0 Å². The van der Waals surface area contributed by atoms with Gasteiger partial charge in [0.05, 0.1) is 19.8 Å². The Balaban J connectivity index is 2.12. The van der Waals surface area contributed by atoms with Gasteiger partial charge in [-0.25, -0.2) is 4.79 Å².